The summed E-state index contributed by atoms with van der Waals surface area (Å²) in [6.45, 7) is 2.03. The van der Waals surface area contributed by atoms with Gasteiger partial charge in [0.2, 0.25) is 0 Å². The molecule has 0 radical (unpaired) electrons. The Morgan fingerprint density at radius 3 is 2.63 bits per heavy atom. The van der Waals surface area contributed by atoms with Crippen LogP contribution in [-0.2, 0) is 4.79 Å². The highest BCUT2D eigenvalue weighted by Crippen LogP contribution is 2.35. The number of para-hydroxylation sites is 2. The number of benzene rings is 1. The quantitative estimate of drug-likeness (QED) is 0.900. The largest absolute Gasteiger partial charge is 0.481 e. The average molecular weight is 258 g/mol. The lowest BCUT2D eigenvalue weighted by Crippen LogP contribution is -2.23. The van der Waals surface area contributed by atoms with Crippen molar-refractivity contribution in [2.24, 2.45) is 5.92 Å². The highest BCUT2D eigenvalue weighted by atomic mass is 16.4. The first-order valence-corrected chi connectivity index (χ1v) is 6.83. The van der Waals surface area contributed by atoms with Crippen LogP contribution >= 0.6 is 0 Å². The number of aromatic nitrogens is 2. The maximum absolute atomic E-state index is 11.0. The molecule has 2 aromatic rings. The molecule has 0 saturated heterocycles. The Bertz CT molecular complexity index is 610. The second kappa shape index (κ2) is 4.68. The molecule has 4 heteroatoms. The van der Waals surface area contributed by atoms with Crippen LogP contribution < -0.4 is 0 Å². The number of carboxylic acid groups (broad SMARTS) is 1. The SMILES string of the molecule is Cc1nc2ccccc2n1C1CCC(C(=O)O)CC1. The molecule has 1 fully saturated rings. The molecule has 0 spiro atoms. The van der Waals surface area contributed by atoms with Crippen molar-refractivity contribution in [3.05, 3.63) is 30.1 Å². The minimum atomic E-state index is -0.648. The van der Waals surface area contributed by atoms with Gasteiger partial charge in [-0.15, -0.1) is 0 Å². The van der Waals surface area contributed by atoms with E-state index in [1.807, 2.05) is 25.1 Å². The van der Waals surface area contributed by atoms with Gasteiger partial charge in [-0.25, -0.2) is 4.98 Å². The molecule has 3 rings (SSSR count). The molecular formula is C15H18N2O2. The van der Waals surface area contributed by atoms with Crippen LogP contribution in [0.15, 0.2) is 24.3 Å². The minimum absolute atomic E-state index is 0.161. The number of carboxylic acids is 1. The molecule has 0 unspecified atom stereocenters. The van der Waals surface area contributed by atoms with E-state index in [0.717, 1.165) is 37.0 Å². The molecule has 0 atom stereocenters. The molecule has 1 N–H and O–H groups in total. The van der Waals surface area contributed by atoms with E-state index < -0.39 is 5.97 Å². The van der Waals surface area contributed by atoms with Gasteiger partial charge in [-0.2, -0.15) is 0 Å². The Balaban J connectivity index is 1.89. The average Bonchev–Trinajstić information content (AvgIpc) is 2.74. The topological polar surface area (TPSA) is 55.1 Å². The smallest absolute Gasteiger partial charge is 0.306 e. The molecule has 1 saturated carbocycles. The van der Waals surface area contributed by atoms with Gasteiger partial charge in [0.05, 0.1) is 17.0 Å². The summed E-state index contributed by atoms with van der Waals surface area (Å²) in [4.78, 5) is 15.6. The van der Waals surface area contributed by atoms with E-state index >= 15 is 0 Å². The monoisotopic (exact) mass is 258 g/mol. The summed E-state index contributed by atoms with van der Waals surface area (Å²) in [5.41, 5.74) is 2.19. The molecule has 4 nitrogen and oxygen atoms in total. The van der Waals surface area contributed by atoms with Gasteiger partial charge in [-0.3, -0.25) is 4.79 Å². The van der Waals surface area contributed by atoms with Crippen molar-refractivity contribution in [2.45, 2.75) is 38.6 Å². The number of hydrogen-bond donors (Lipinski definition) is 1. The summed E-state index contributed by atoms with van der Waals surface area (Å²) in [6, 6.07) is 8.55. The fraction of sp³-hybridized carbons (Fsp3) is 0.467. The second-order valence-electron chi connectivity index (χ2n) is 5.36. The van der Waals surface area contributed by atoms with E-state index in [0.29, 0.717) is 6.04 Å². The van der Waals surface area contributed by atoms with Crippen molar-refractivity contribution < 1.29 is 9.90 Å². The summed E-state index contributed by atoms with van der Waals surface area (Å²) in [5.74, 6) is 0.219. The number of aliphatic carboxylic acids is 1. The summed E-state index contributed by atoms with van der Waals surface area (Å²) in [7, 11) is 0. The van der Waals surface area contributed by atoms with E-state index in [1.165, 1.54) is 5.52 Å². The van der Waals surface area contributed by atoms with E-state index in [-0.39, 0.29) is 5.92 Å². The number of fused-ring (bicyclic) bond motifs is 1. The lowest BCUT2D eigenvalue weighted by atomic mass is 9.86. The van der Waals surface area contributed by atoms with Gasteiger partial charge >= 0.3 is 5.97 Å². The summed E-state index contributed by atoms with van der Waals surface area (Å²) >= 11 is 0. The van der Waals surface area contributed by atoms with Gasteiger partial charge < -0.3 is 9.67 Å². The maximum Gasteiger partial charge on any atom is 0.306 e. The first-order chi connectivity index (χ1) is 9.16. The van der Waals surface area contributed by atoms with E-state index in [2.05, 4.69) is 15.6 Å². The highest BCUT2D eigenvalue weighted by Gasteiger charge is 2.28. The fourth-order valence-electron chi connectivity index (χ4n) is 3.21. The Hall–Kier alpha value is -1.84. The van der Waals surface area contributed by atoms with Crippen LogP contribution in [0.4, 0.5) is 0 Å². The van der Waals surface area contributed by atoms with Crippen molar-refractivity contribution in [2.75, 3.05) is 0 Å². The van der Waals surface area contributed by atoms with Crippen molar-refractivity contribution >= 4 is 17.0 Å². The maximum atomic E-state index is 11.0. The van der Waals surface area contributed by atoms with Crippen molar-refractivity contribution in [1.82, 2.24) is 9.55 Å². The zero-order chi connectivity index (χ0) is 13.4. The number of nitrogens with zero attached hydrogens (tertiary/aromatic N) is 2. The lowest BCUT2D eigenvalue weighted by Gasteiger charge is -2.28. The molecule has 19 heavy (non-hydrogen) atoms. The Labute approximate surface area is 112 Å². The predicted molar refractivity (Wildman–Crippen MR) is 73.1 cm³/mol. The zero-order valence-corrected chi connectivity index (χ0v) is 11.0. The van der Waals surface area contributed by atoms with Crippen LogP contribution in [0, 0.1) is 12.8 Å². The van der Waals surface area contributed by atoms with Gasteiger partial charge in [-0.1, -0.05) is 12.1 Å². The number of rotatable bonds is 2. The number of hydrogen-bond acceptors (Lipinski definition) is 2. The minimum Gasteiger partial charge on any atom is -0.481 e. The third-order valence-electron chi connectivity index (χ3n) is 4.18. The number of imidazole rings is 1. The molecule has 0 bridgehead atoms. The summed E-state index contributed by atoms with van der Waals surface area (Å²) in [5, 5.41) is 9.06. The van der Waals surface area contributed by atoms with E-state index in [9.17, 15) is 4.79 Å². The normalized spacial score (nSPS) is 23.6. The summed E-state index contributed by atoms with van der Waals surface area (Å²) in [6.07, 6.45) is 3.40. The molecule has 1 aliphatic rings. The van der Waals surface area contributed by atoms with Crippen LogP contribution in [0.5, 0.6) is 0 Å². The van der Waals surface area contributed by atoms with Gasteiger partial charge in [0.1, 0.15) is 5.82 Å². The van der Waals surface area contributed by atoms with E-state index in [4.69, 9.17) is 5.11 Å². The Kier molecular flexibility index (Phi) is 3.01. The molecule has 1 aliphatic carbocycles. The van der Waals surface area contributed by atoms with Gasteiger partial charge in [0.15, 0.2) is 0 Å². The number of aryl methyl sites for hydroxylation is 1. The Morgan fingerprint density at radius 1 is 1.26 bits per heavy atom. The van der Waals surface area contributed by atoms with Crippen LogP contribution in [-0.4, -0.2) is 20.6 Å². The molecular weight excluding hydrogens is 240 g/mol. The lowest BCUT2D eigenvalue weighted by molar-refractivity contribution is -0.143. The molecule has 1 aromatic carbocycles. The van der Waals surface area contributed by atoms with Crippen molar-refractivity contribution in [3.63, 3.8) is 0 Å². The highest BCUT2D eigenvalue weighted by molar-refractivity contribution is 5.76. The van der Waals surface area contributed by atoms with Crippen LogP contribution in [0.1, 0.15) is 37.5 Å². The fourth-order valence-corrected chi connectivity index (χ4v) is 3.21. The van der Waals surface area contributed by atoms with Crippen molar-refractivity contribution in [3.8, 4) is 0 Å². The van der Waals surface area contributed by atoms with Crippen LogP contribution in [0.2, 0.25) is 0 Å². The molecule has 1 heterocycles. The second-order valence-corrected chi connectivity index (χ2v) is 5.36. The number of carbonyl (C=O) groups is 1. The third-order valence-corrected chi connectivity index (χ3v) is 4.18. The molecule has 100 valence electrons. The molecule has 1 aromatic heterocycles. The third kappa shape index (κ3) is 2.11. The first-order valence-electron chi connectivity index (χ1n) is 6.83. The standard InChI is InChI=1S/C15H18N2O2/c1-10-16-13-4-2-3-5-14(13)17(10)12-8-6-11(7-9-12)15(18)19/h2-5,11-12H,6-9H2,1H3,(H,18,19). The van der Waals surface area contributed by atoms with Gasteiger partial charge in [-0.05, 0) is 44.7 Å². The molecule has 0 aliphatic heterocycles. The van der Waals surface area contributed by atoms with Crippen molar-refractivity contribution in [1.29, 1.82) is 0 Å². The molecule has 0 amide bonds. The van der Waals surface area contributed by atoms with Crippen LogP contribution in [0.3, 0.4) is 0 Å². The van der Waals surface area contributed by atoms with Crippen LogP contribution in [0.25, 0.3) is 11.0 Å². The zero-order valence-electron chi connectivity index (χ0n) is 11.0. The predicted octanol–water partition coefficient (Wildman–Crippen LogP) is 3.16. The Morgan fingerprint density at radius 2 is 1.95 bits per heavy atom. The first kappa shape index (κ1) is 12.2. The van der Waals surface area contributed by atoms with E-state index in [1.54, 1.807) is 0 Å². The summed E-state index contributed by atoms with van der Waals surface area (Å²) < 4.78 is 2.29. The van der Waals surface area contributed by atoms with Gasteiger partial charge in [0, 0.05) is 6.04 Å². The van der Waals surface area contributed by atoms with Gasteiger partial charge in [0.25, 0.3) is 0 Å².